The first-order valence-corrected chi connectivity index (χ1v) is 5.99. The van der Waals surface area contributed by atoms with Gasteiger partial charge < -0.3 is 14.7 Å². The average Bonchev–Trinajstić information content (AvgIpc) is 2.94. The molecule has 100 valence electrons. The topological polar surface area (TPSA) is 71.3 Å². The van der Waals surface area contributed by atoms with E-state index < -0.39 is 0 Å². The predicted molar refractivity (Wildman–Crippen MR) is 70.6 cm³/mol. The Morgan fingerprint density at radius 3 is 2.84 bits per heavy atom. The highest BCUT2D eigenvalue weighted by molar-refractivity contribution is 5.92. The number of carbonyl (C=O) groups excluding carboxylic acids is 1. The Bertz CT molecular complexity index is 539. The largest absolute Gasteiger partial charge is 0.355 e. The molecule has 1 amide bonds. The lowest BCUT2D eigenvalue weighted by Gasteiger charge is -2.14. The summed E-state index contributed by atoms with van der Waals surface area (Å²) >= 11 is 0. The van der Waals surface area contributed by atoms with E-state index in [4.69, 9.17) is 4.52 Å². The molecule has 2 heterocycles. The van der Waals surface area contributed by atoms with E-state index in [1.165, 1.54) is 0 Å². The predicted octanol–water partition coefficient (Wildman–Crippen LogP) is 1.03. The molecule has 0 unspecified atom stereocenters. The molecule has 0 aliphatic rings. The Morgan fingerprint density at radius 2 is 2.16 bits per heavy atom. The van der Waals surface area contributed by atoms with Crippen LogP contribution < -0.4 is 5.32 Å². The highest BCUT2D eigenvalue weighted by Crippen LogP contribution is 2.19. The van der Waals surface area contributed by atoms with Crippen LogP contribution in [0, 0.1) is 0 Å². The number of carbonyl (C=O) groups is 1. The molecule has 0 fully saturated rings. The van der Waals surface area contributed by atoms with E-state index in [1.807, 2.05) is 7.05 Å². The Morgan fingerprint density at radius 1 is 1.42 bits per heavy atom. The molecule has 0 aliphatic carbocycles. The lowest BCUT2D eigenvalue weighted by Crippen LogP contribution is -2.32. The smallest absolute Gasteiger partial charge is 0.275 e. The molecule has 6 nitrogen and oxygen atoms in total. The van der Waals surface area contributed by atoms with Crippen LogP contribution in [-0.2, 0) is 0 Å². The first kappa shape index (κ1) is 13.2. The zero-order chi connectivity index (χ0) is 13.7. The van der Waals surface area contributed by atoms with Crippen LogP contribution in [-0.4, -0.2) is 48.1 Å². The van der Waals surface area contributed by atoms with E-state index in [0.29, 0.717) is 18.0 Å². The molecular weight excluding hydrogens is 244 g/mol. The molecule has 0 atom stereocenters. The molecule has 0 bridgehead atoms. The Balaban J connectivity index is 2.11. The molecule has 1 N–H and O–H groups in total. The van der Waals surface area contributed by atoms with Crippen molar-refractivity contribution in [1.29, 1.82) is 0 Å². The van der Waals surface area contributed by atoms with Gasteiger partial charge in [0.2, 0.25) is 0 Å². The molecule has 2 aromatic heterocycles. The third-order valence-electron chi connectivity index (χ3n) is 2.74. The molecule has 0 saturated heterocycles. The number of nitrogens with zero attached hydrogens (tertiary/aromatic N) is 3. The number of aromatic nitrogens is 2. The maximum absolute atomic E-state index is 12.1. The van der Waals surface area contributed by atoms with Crippen molar-refractivity contribution < 1.29 is 9.32 Å². The minimum atomic E-state index is -0.153. The molecule has 2 aromatic rings. The van der Waals surface area contributed by atoms with Gasteiger partial charge in [-0.3, -0.25) is 9.78 Å². The van der Waals surface area contributed by atoms with E-state index in [1.54, 1.807) is 42.5 Å². The quantitative estimate of drug-likeness (QED) is 0.869. The van der Waals surface area contributed by atoms with Crippen LogP contribution in [0.3, 0.4) is 0 Å². The second kappa shape index (κ2) is 6.10. The maximum atomic E-state index is 12.1. The van der Waals surface area contributed by atoms with Gasteiger partial charge in [-0.2, -0.15) is 0 Å². The number of amides is 1. The van der Waals surface area contributed by atoms with Crippen LogP contribution in [0.4, 0.5) is 0 Å². The Kier molecular flexibility index (Phi) is 4.25. The van der Waals surface area contributed by atoms with Gasteiger partial charge in [-0.1, -0.05) is 5.16 Å². The third kappa shape index (κ3) is 3.17. The first-order chi connectivity index (χ1) is 9.22. The number of likely N-dealkylation sites (N-methyl/N-ethyl adjacent to an activating group) is 2. The zero-order valence-electron chi connectivity index (χ0n) is 11.0. The highest BCUT2D eigenvalue weighted by Gasteiger charge is 2.17. The van der Waals surface area contributed by atoms with Gasteiger partial charge in [-0.25, -0.2) is 0 Å². The monoisotopic (exact) mass is 260 g/mol. The molecule has 6 heteroatoms. The first-order valence-electron chi connectivity index (χ1n) is 5.99. The Hall–Kier alpha value is -2.21. The molecular formula is C13H16N4O2. The standard InChI is InChI=1S/C13H16N4O2/c1-14-7-8-17(2)13(18)11-9-12(19-16-11)10-3-5-15-6-4-10/h3-6,9,14H,7-8H2,1-2H3. The Labute approximate surface area is 111 Å². The van der Waals surface area contributed by atoms with Crippen LogP contribution >= 0.6 is 0 Å². The second-order valence-corrected chi connectivity index (χ2v) is 4.14. The lowest BCUT2D eigenvalue weighted by atomic mass is 10.2. The molecule has 0 aromatic carbocycles. The van der Waals surface area contributed by atoms with Gasteiger partial charge >= 0.3 is 0 Å². The number of nitrogens with one attached hydrogen (secondary N) is 1. The molecule has 19 heavy (non-hydrogen) atoms. The van der Waals surface area contributed by atoms with Crippen molar-refractivity contribution in [3.8, 4) is 11.3 Å². The van der Waals surface area contributed by atoms with Gasteiger partial charge in [-0.05, 0) is 19.2 Å². The minimum absolute atomic E-state index is 0.153. The number of hydrogen-bond acceptors (Lipinski definition) is 5. The summed E-state index contributed by atoms with van der Waals surface area (Å²) in [5, 5.41) is 6.81. The summed E-state index contributed by atoms with van der Waals surface area (Å²) in [5.41, 5.74) is 1.16. The van der Waals surface area contributed by atoms with E-state index in [9.17, 15) is 4.79 Å². The summed E-state index contributed by atoms with van der Waals surface area (Å²) < 4.78 is 5.19. The summed E-state index contributed by atoms with van der Waals surface area (Å²) in [6, 6.07) is 5.26. The van der Waals surface area contributed by atoms with Gasteiger partial charge in [0, 0.05) is 44.2 Å². The van der Waals surface area contributed by atoms with Gasteiger partial charge in [0.25, 0.3) is 5.91 Å². The summed E-state index contributed by atoms with van der Waals surface area (Å²) in [4.78, 5) is 17.6. The normalized spacial score (nSPS) is 10.4. The van der Waals surface area contributed by atoms with Crippen molar-refractivity contribution in [2.75, 3.05) is 27.2 Å². The molecule has 0 spiro atoms. The van der Waals surface area contributed by atoms with Crippen LogP contribution in [0.15, 0.2) is 35.1 Å². The van der Waals surface area contributed by atoms with E-state index in [2.05, 4.69) is 15.5 Å². The van der Waals surface area contributed by atoms with E-state index in [0.717, 1.165) is 12.1 Å². The SMILES string of the molecule is CNCCN(C)C(=O)c1cc(-c2ccncc2)on1. The van der Waals surface area contributed by atoms with Crippen molar-refractivity contribution in [2.45, 2.75) is 0 Å². The van der Waals surface area contributed by atoms with Crippen molar-refractivity contribution in [2.24, 2.45) is 0 Å². The average molecular weight is 260 g/mol. The molecule has 0 saturated carbocycles. The minimum Gasteiger partial charge on any atom is -0.355 e. The maximum Gasteiger partial charge on any atom is 0.275 e. The van der Waals surface area contributed by atoms with Crippen molar-refractivity contribution in [3.63, 3.8) is 0 Å². The fraction of sp³-hybridized carbons (Fsp3) is 0.308. The van der Waals surface area contributed by atoms with Crippen LogP contribution in [0.1, 0.15) is 10.5 Å². The van der Waals surface area contributed by atoms with Crippen LogP contribution in [0.25, 0.3) is 11.3 Å². The second-order valence-electron chi connectivity index (χ2n) is 4.14. The highest BCUT2D eigenvalue weighted by atomic mass is 16.5. The fourth-order valence-corrected chi connectivity index (χ4v) is 1.60. The van der Waals surface area contributed by atoms with Gasteiger partial charge in [0.15, 0.2) is 11.5 Å². The molecule has 0 radical (unpaired) electrons. The summed E-state index contributed by atoms with van der Waals surface area (Å²) in [6.45, 7) is 1.35. The number of rotatable bonds is 5. The van der Waals surface area contributed by atoms with Gasteiger partial charge in [0.05, 0.1) is 0 Å². The van der Waals surface area contributed by atoms with E-state index >= 15 is 0 Å². The lowest BCUT2D eigenvalue weighted by molar-refractivity contribution is 0.0786. The van der Waals surface area contributed by atoms with Crippen molar-refractivity contribution in [3.05, 3.63) is 36.3 Å². The van der Waals surface area contributed by atoms with Crippen molar-refractivity contribution in [1.82, 2.24) is 20.4 Å². The molecule has 0 aliphatic heterocycles. The summed E-state index contributed by atoms with van der Waals surface area (Å²) in [7, 11) is 3.58. The van der Waals surface area contributed by atoms with E-state index in [-0.39, 0.29) is 5.91 Å². The summed E-state index contributed by atoms with van der Waals surface area (Å²) in [5.74, 6) is 0.409. The number of hydrogen-bond donors (Lipinski definition) is 1. The molecule has 2 rings (SSSR count). The fourth-order valence-electron chi connectivity index (χ4n) is 1.60. The number of pyridine rings is 1. The van der Waals surface area contributed by atoms with Gasteiger partial charge in [-0.15, -0.1) is 0 Å². The summed E-state index contributed by atoms with van der Waals surface area (Å²) in [6.07, 6.45) is 3.33. The van der Waals surface area contributed by atoms with Crippen LogP contribution in [0.2, 0.25) is 0 Å². The zero-order valence-corrected chi connectivity index (χ0v) is 11.0. The van der Waals surface area contributed by atoms with Gasteiger partial charge in [0.1, 0.15) is 0 Å². The third-order valence-corrected chi connectivity index (χ3v) is 2.74. The van der Waals surface area contributed by atoms with Crippen LogP contribution in [0.5, 0.6) is 0 Å². The van der Waals surface area contributed by atoms with Crippen molar-refractivity contribution >= 4 is 5.91 Å².